The Morgan fingerprint density at radius 1 is 1.29 bits per heavy atom. The molecule has 1 saturated heterocycles. The zero-order valence-corrected chi connectivity index (χ0v) is 13.0. The molecule has 1 aliphatic rings. The highest BCUT2D eigenvalue weighted by Crippen LogP contribution is 2.28. The third kappa shape index (κ3) is 4.31. The van der Waals surface area contributed by atoms with Gasteiger partial charge in [-0.3, -0.25) is 4.79 Å². The zero-order valence-electron chi connectivity index (χ0n) is 13.0. The van der Waals surface area contributed by atoms with Crippen LogP contribution in [0.1, 0.15) is 55.5 Å². The summed E-state index contributed by atoms with van der Waals surface area (Å²) in [6, 6.07) is 7.61. The predicted molar refractivity (Wildman–Crippen MR) is 81.6 cm³/mol. The first-order valence-electron chi connectivity index (χ1n) is 7.42. The van der Waals surface area contributed by atoms with E-state index in [0.717, 1.165) is 25.7 Å². The van der Waals surface area contributed by atoms with E-state index >= 15 is 0 Å². The van der Waals surface area contributed by atoms with Crippen molar-refractivity contribution in [2.45, 2.75) is 45.1 Å². The topological polar surface area (TPSA) is 46.6 Å². The molecule has 1 fully saturated rings. The maximum Gasteiger partial charge on any atom is 0.410 e. The normalized spacial score (nSPS) is 19.2. The summed E-state index contributed by atoms with van der Waals surface area (Å²) in [7, 11) is 0. The fraction of sp³-hybridized carbons (Fsp3) is 0.529. The number of hydrogen-bond donors (Lipinski definition) is 0. The number of carbonyl (C=O) groups is 2. The van der Waals surface area contributed by atoms with Gasteiger partial charge >= 0.3 is 6.09 Å². The molecule has 0 aliphatic carbocycles. The summed E-state index contributed by atoms with van der Waals surface area (Å²) in [6.07, 6.45) is 2.63. The number of rotatable bonds is 2. The van der Waals surface area contributed by atoms with E-state index in [4.69, 9.17) is 4.74 Å². The number of hydrogen-bond acceptors (Lipinski definition) is 3. The van der Waals surface area contributed by atoms with Crippen LogP contribution in [0.25, 0.3) is 0 Å². The Labute approximate surface area is 126 Å². The third-order valence-corrected chi connectivity index (χ3v) is 3.62. The van der Waals surface area contributed by atoms with Crippen molar-refractivity contribution in [2.75, 3.05) is 13.1 Å². The van der Waals surface area contributed by atoms with Gasteiger partial charge in [-0.2, -0.15) is 0 Å². The van der Waals surface area contributed by atoms with Crippen LogP contribution >= 0.6 is 0 Å². The highest BCUT2D eigenvalue weighted by atomic mass is 16.6. The van der Waals surface area contributed by atoms with E-state index < -0.39 is 5.60 Å². The quantitative estimate of drug-likeness (QED) is 0.781. The Hall–Kier alpha value is -1.84. The second-order valence-corrected chi connectivity index (χ2v) is 6.55. The van der Waals surface area contributed by atoms with Crippen molar-refractivity contribution in [2.24, 2.45) is 0 Å². The van der Waals surface area contributed by atoms with Crippen LogP contribution in [0.3, 0.4) is 0 Å². The number of nitrogens with zero attached hydrogens (tertiary/aromatic N) is 1. The van der Waals surface area contributed by atoms with Crippen LogP contribution in [0.5, 0.6) is 0 Å². The largest absolute Gasteiger partial charge is 0.444 e. The van der Waals surface area contributed by atoms with Crippen molar-refractivity contribution in [1.29, 1.82) is 0 Å². The molecule has 114 valence electrons. The van der Waals surface area contributed by atoms with Gasteiger partial charge in [-0.1, -0.05) is 24.3 Å². The van der Waals surface area contributed by atoms with Crippen molar-refractivity contribution in [3.05, 3.63) is 35.4 Å². The molecule has 4 nitrogen and oxygen atoms in total. The molecule has 1 aliphatic heterocycles. The lowest BCUT2D eigenvalue weighted by molar-refractivity contribution is 0.0198. The lowest BCUT2D eigenvalue weighted by Crippen LogP contribution is -2.42. The van der Waals surface area contributed by atoms with E-state index in [2.05, 4.69) is 0 Å². The molecule has 1 aromatic carbocycles. The number of ether oxygens (including phenoxy) is 1. The maximum absolute atomic E-state index is 12.1. The SMILES string of the molecule is CC(C)(C)OC(=O)N1CCC[C@@H](c2ccc(C=O)cc2)C1. The summed E-state index contributed by atoms with van der Waals surface area (Å²) in [5.41, 5.74) is 1.39. The Bertz CT molecular complexity index is 502. The third-order valence-electron chi connectivity index (χ3n) is 3.62. The number of aldehydes is 1. The molecule has 1 heterocycles. The van der Waals surface area contributed by atoms with Crippen LogP contribution in [-0.2, 0) is 4.74 Å². The monoisotopic (exact) mass is 289 g/mol. The van der Waals surface area contributed by atoms with E-state index in [1.54, 1.807) is 4.90 Å². The van der Waals surface area contributed by atoms with E-state index in [1.807, 2.05) is 45.0 Å². The highest BCUT2D eigenvalue weighted by molar-refractivity contribution is 5.74. The Morgan fingerprint density at radius 2 is 1.95 bits per heavy atom. The van der Waals surface area contributed by atoms with Gasteiger partial charge in [-0.15, -0.1) is 0 Å². The molecule has 21 heavy (non-hydrogen) atoms. The van der Waals surface area contributed by atoms with Crippen molar-refractivity contribution < 1.29 is 14.3 Å². The Morgan fingerprint density at radius 3 is 2.52 bits per heavy atom. The average Bonchev–Trinajstić information content (AvgIpc) is 2.46. The molecule has 0 N–H and O–H groups in total. The minimum atomic E-state index is -0.463. The Balaban J connectivity index is 2.02. The fourth-order valence-electron chi connectivity index (χ4n) is 2.59. The van der Waals surface area contributed by atoms with Gasteiger partial charge in [0.15, 0.2) is 0 Å². The molecule has 4 heteroatoms. The first-order chi connectivity index (χ1) is 9.89. The predicted octanol–water partition coefficient (Wildman–Crippen LogP) is 3.61. The van der Waals surface area contributed by atoms with E-state index in [9.17, 15) is 9.59 Å². The van der Waals surface area contributed by atoms with Gasteiger partial charge in [0.05, 0.1) is 0 Å². The Kier molecular flexibility index (Phi) is 4.66. The second-order valence-electron chi connectivity index (χ2n) is 6.55. The minimum absolute atomic E-state index is 0.239. The molecule has 0 aromatic heterocycles. The molecule has 0 bridgehead atoms. The van der Waals surface area contributed by atoms with Crippen molar-refractivity contribution in [3.8, 4) is 0 Å². The van der Waals surface area contributed by atoms with Crippen molar-refractivity contribution >= 4 is 12.4 Å². The summed E-state index contributed by atoms with van der Waals surface area (Å²) in [4.78, 5) is 24.6. The summed E-state index contributed by atoms with van der Waals surface area (Å²) < 4.78 is 5.44. The lowest BCUT2D eigenvalue weighted by atomic mass is 9.90. The molecular formula is C17H23NO3. The minimum Gasteiger partial charge on any atom is -0.444 e. The van der Waals surface area contributed by atoms with Crippen LogP contribution in [-0.4, -0.2) is 36.0 Å². The maximum atomic E-state index is 12.1. The van der Waals surface area contributed by atoms with Crippen LogP contribution < -0.4 is 0 Å². The molecule has 0 spiro atoms. The second kappa shape index (κ2) is 6.29. The van der Waals surface area contributed by atoms with Crippen LogP contribution in [0.2, 0.25) is 0 Å². The van der Waals surface area contributed by atoms with Gasteiger partial charge in [-0.25, -0.2) is 4.79 Å². The van der Waals surface area contributed by atoms with Crippen molar-refractivity contribution in [3.63, 3.8) is 0 Å². The van der Waals surface area contributed by atoms with Gasteiger partial charge in [0, 0.05) is 24.6 Å². The van der Waals surface area contributed by atoms with Crippen LogP contribution in [0.4, 0.5) is 4.79 Å². The van der Waals surface area contributed by atoms with Gasteiger partial charge in [0.25, 0.3) is 0 Å². The summed E-state index contributed by atoms with van der Waals surface area (Å²) in [5, 5.41) is 0. The summed E-state index contributed by atoms with van der Waals surface area (Å²) >= 11 is 0. The number of benzene rings is 1. The molecular weight excluding hydrogens is 266 g/mol. The van der Waals surface area contributed by atoms with E-state index in [-0.39, 0.29) is 6.09 Å². The highest BCUT2D eigenvalue weighted by Gasteiger charge is 2.28. The summed E-state index contributed by atoms with van der Waals surface area (Å²) in [6.45, 7) is 7.06. The van der Waals surface area contributed by atoms with Gasteiger partial charge in [-0.05, 0) is 39.2 Å². The number of amides is 1. The zero-order chi connectivity index (χ0) is 15.5. The van der Waals surface area contributed by atoms with E-state index in [0.29, 0.717) is 18.0 Å². The van der Waals surface area contributed by atoms with Crippen LogP contribution in [0.15, 0.2) is 24.3 Å². The lowest BCUT2D eigenvalue weighted by Gasteiger charge is -2.34. The molecule has 0 radical (unpaired) electrons. The molecule has 0 unspecified atom stereocenters. The molecule has 0 saturated carbocycles. The van der Waals surface area contributed by atoms with Crippen LogP contribution in [0, 0.1) is 0 Å². The van der Waals surface area contributed by atoms with E-state index in [1.165, 1.54) is 5.56 Å². The molecule has 2 rings (SSSR count). The van der Waals surface area contributed by atoms with Crippen molar-refractivity contribution in [1.82, 2.24) is 4.90 Å². The van der Waals surface area contributed by atoms with Gasteiger partial charge in [0.1, 0.15) is 11.9 Å². The standard InChI is InChI=1S/C17H23NO3/c1-17(2,3)21-16(20)18-10-4-5-15(11-18)14-8-6-13(12-19)7-9-14/h6-9,12,15H,4-5,10-11H2,1-3H3/t15-/m1/s1. The fourth-order valence-corrected chi connectivity index (χ4v) is 2.59. The molecule has 1 aromatic rings. The molecule has 1 amide bonds. The smallest absolute Gasteiger partial charge is 0.410 e. The molecule has 1 atom stereocenters. The van der Waals surface area contributed by atoms with Gasteiger partial charge < -0.3 is 9.64 Å². The number of carbonyl (C=O) groups excluding carboxylic acids is 2. The van der Waals surface area contributed by atoms with Gasteiger partial charge in [0.2, 0.25) is 0 Å². The first-order valence-corrected chi connectivity index (χ1v) is 7.42. The number of piperidine rings is 1. The average molecular weight is 289 g/mol. The summed E-state index contributed by atoms with van der Waals surface area (Å²) in [5.74, 6) is 0.312. The number of likely N-dealkylation sites (tertiary alicyclic amines) is 1. The first kappa shape index (κ1) is 15.5.